The number of hydrogen-bond acceptors (Lipinski definition) is 3. The van der Waals surface area contributed by atoms with E-state index in [0.717, 1.165) is 55.7 Å². The van der Waals surface area contributed by atoms with Gasteiger partial charge < -0.3 is 14.2 Å². The van der Waals surface area contributed by atoms with Gasteiger partial charge in [-0.05, 0) is 63.5 Å². The number of nitrogens with zero attached hydrogens (tertiary/aromatic N) is 3. The molecule has 0 radical (unpaired) electrons. The van der Waals surface area contributed by atoms with Crippen LogP contribution < -0.4 is 0 Å². The van der Waals surface area contributed by atoms with E-state index in [-0.39, 0.29) is 11.4 Å². The quantitative estimate of drug-likeness (QED) is 0.846. The van der Waals surface area contributed by atoms with Gasteiger partial charge in [0.05, 0.1) is 5.54 Å². The number of likely N-dealkylation sites (N-methyl/N-ethyl adjacent to an activating group) is 1. The van der Waals surface area contributed by atoms with Gasteiger partial charge in [0, 0.05) is 56.0 Å². The number of rotatable bonds is 4. The molecule has 1 atom stereocenters. The predicted molar refractivity (Wildman–Crippen MR) is 103 cm³/mol. The molecule has 0 saturated carbocycles. The van der Waals surface area contributed by atoms with Crippen LogP contribution >= 0.6 is 0 Å². The van der Waals surface area contributed by atoms with Crippen molar-refractivity contribution in [3.8, 4) is 0 Å². The summed E-state index contributed by atoms with van der Waals surface area (Å²) in [5.74, 6) is 0.769. The van der Waals surface area contributed by atoms with Gasteiger partial charge in [-0.15, -0.1) is 0 Å². The first-order chi connectivity index (χ1) is 12.5. The molecule has 0 aliphatic carbocycles. The number of piperidine rings is 1. The molecule has 1 aromatic carbocycles. The Kier molecular flexibility index (Phi) is 4.53. The lowest BCUT2D eigenvalue weighted by Crippen LogP contribution is -2.72. The summed E-state index contributed by atoms with van der Waals surface area (Å²) in [5.41, 5.74) is 2.10. The van der Waals surface area contributed by atoms with Crippen molar-refractivity contribution in [2.24, 2.45) is 13.0 Å². The third kappa shape index (κ3) is 2.93. The van der Waals surface area contributed by atoms with Crippen LogP contribution in [0.25, 0.3) is 10.9 Å². The standard InChI is InChI=1S/C21H29N3O2/c1-4-26-13-16-7-10-23(3)21(12-16)14-24(15-21)20(25)18-5-6-19-17(11-18)8-9-22(19)2/h5-6,8-9,11,16H,4,7,10,12-15H2,1-3H3/t16-/m0/s1. The van der Waals surface area contributed by atoms with E-state index < -0.39 is 0 Å². The summed E-state index contributed by atoms with van der Waals surface area (Å²) in [6.45, 7) is 6.44. The molecule has 140 valence electrons. The van der Waals surface area contributed by atoms with E-state index in [0.29, 0.717) is 5.92 Å². The van der Waals surface area contributed by atoms with Gasteiger partial charge in [-0.2, -0.15) is 0 Å². The summed E-state index contributed by atoms with van der Waals surface area (Å²) in [4.78, 5) is 17.4. The van der Waals surface area contributed by atoms with Gasteiger partial charge in [-0.1, -0.05) is 0 Å². The number of benzene rings is 1. The molecule has 5 heteroatoms. The smallest absolute Gasteiger partial charge is 0.254 e. The van der Waals surface area contributed by atoms with Gasteiger partial charge in [0.1, 0.15) is 0 Å². The molecule has 2 aromatic rings. The molecule has 0 unspecified atom stereocenters. The number of aryl methyl sites for hydroxylation is 1. The molecule has 2 fully saturated rings. The van der Waals surface area contributed by atoms with Crippen molar-refractivity contribution in [3.63, 3.8) is 0 Å². The second kappa shape index (κ2) is 6.71. The predicted octanol–water partition coefficient (Wildman–Crippen LogP) is 2.75. The van der Waals surface area contributed by atoms with Crippen molar-refractivity contribution in [1.29, 1.82) is 0 Å². The fourth-order valence-corrected chi connectivity index (χ4v) is 4.61. The molecule has 1 spiro atoms. The fraction of sp³-hybridized carbons (Fsp3) is 0.571. The fourth-order valence-electron chi connectivity index (χ4n) is 4.61. The highest BCUT2D eigenvalue weighted by Crippen LogP contribution is 2.39. The number of amides is 1. The van der Waals surface area contributed by atoms with E-state index in [1.54, 1.807) is 0 Å². The number of aromatic nitrogens is 1. The van der Waals surface area contributed by atoms with Gasteiger partial charge in [-0.25, -0.2) is 0 Å². The molecule has 2 aliphatic rings. The molecule has 3 heterocycles. The average molecular weight is 355 g/mol. The van der Waals surface area contributed by atoms with Gasteiger partial charge in [-0.3, -0.25) is 9.69 Å². The summed E-state index contributed by atoms with van der Waals surface area (Å²) in [7, 11) is 4.23. The van der Waals surface area contributed by atoms with Crippen LogP contribution in [0.2, 0.25) is 0 Å². The molecule has 0 N–H and O–H groups in total. The van der Waals surface area contributed by atoms with Gasteiger partial charge in [0.15, 0.2) is 0 Å². The van der Waals surface area contributed by atoms with E-state index in [2.05, 4.69) is 29.5 Å². The molecular formula is C21H29N3O2. The Labute approximate surface area is 155 Å². The molecule has 1 amide bonds. The summed E-state index contributed by atoms with van der Waals surface area (Å²) >= 11 is 0. The lowest BCUT2D eigenvalue weighted by atomic mass is 9.75. The van der Waals surface area contributed by atoms with Crippen molar-refractivity contribution in [2.45, 2.75) is 25.3 Å². The third-order valence-electron chi connectivity index (χ3n) is 6.30. The highest BCUT2D eigenvalue weighted by Gasteiger charge is 2.50. The monoisotopic (exact) mass is 355 g/mol. The molecule has 2 saturated heterocycles. The Balaban J connectivity index is 1.44. The van der Waals surface area contributed by atoms with Crippen LogP contribution in [-0.2, 0) is 11.8 Å². The first-order valence-corrected chi connectivity index (χ1v) is 9.66. The molecule has 1 aromatic heterocycles. The Hall–Kier alpha value is -1.85. The van der Waals surface area contributed by atoms with E-state index >= 15 is 0 Å². The van der Waals surface area contributed by atoms with Crippen molar-refractivity contribution in [1.82, 2.24) is 14.4 Å². The van der Waals surface area contributed by atoms with Crippen LogP contribution in [0.15, 0.2) is 30.5 Å². The SMILES string of the molecule is CCOC[C@H]1CCN(C)C2(C1)CN(C(=O)c1ccc3c(ccn3C)c1)C2. The Bertz CT molecular complexity index is 805. The zero-order valence-electron chi connectivity index (χ0n) is 16.1. The number of carbonyl (C=O) groups is 1. The zero-order chi connectivity index (χ0) is 18.3. The van der Waals surface area contributed by atoms with Crippen LogP contribution in [0.3, 0.4) is 0 Å². The molecule has 0 bridgehead atoms. The second-order valence-corrected chi connectivity index (χ2v) is 8.03. The Morgan fingerprint density at radius 2 is 2.08 bits per heavy atom. The minimum atomic E-state index is 0.145. The zero-order valence-corrected chi connectivity index (χ0v) is 16.1. The summed E-state index contributed by atoms with van der Waals surface area (Å²) in [5, 5.41) is 1.13. The number of carbonyl (C=O) groups excluding carboxylic acids is 1. The Morgan fingerprint density at radius 3 is 2.85 bits per heavy atom. The van der Waals surface area contributed by atoms with Gasteiger partial charge in [0.25, 0.3) is 5.91 Å². The van der Waals surface area contributed by atoms with Crippen LogP contribution in [0.5, 0.6) is 0 Å². The normalized spacial score (nSPS) is 22.7. The summed E-state index contributed by atoms with van der Waals surface area (Å²) in [6, 6.07) is 8.09. The van der Waals surface area contributed by atoms with E-state index in [4.69, 9.17) is 4.74 Å². The lowest BCUT2D eigenvalue weighted by Gasteiger charge is -2.58. The van der Waals surface area contributed by atoms with Crippen molar-refractivity contribution in [2.75, 3.05) is 39.9 Å². The van der Waals surface area contributed by atoms with E-state index in [1.807, 2.05) is 36.3 Å². The average Bonchev–Trinajstić information content (AvgIpc) is 2.99. The molecule has 4 rings (SSSR count). The largest absolute Gasteiger partial charge is 0.381 e. The number of likely N-dealkylation sites (tertiary alicyclic amines) is 2. The van der Waals surface area contributed by atoms with Crippen molar-refractivity contribution in [3.05, 3.63) is 36.0 Å². The lowest BCUT2D eigenvalue weighted by molar-refractivity contribution is -0.0751. The number of hydrogen-bond donors (Lipinski definition) is 0. The third-order valence-corrected chi connectivity index (χ3v) is 6.30. The number of fused-ring (bicyclic) bond motifs is 1. The second-order valence-electron chi connectivity index (χ2n) is 8.03. The molecule has 2 aliphatic heterocycles. The van der Waals surface area contributed by atoms with E-state index in [1.165, 1.54) is 6.42 Å². The minimum absolute atomic E-state index is 0.145. The minimum Gasteiger partial charge on any atom is -0.381 e. The first-order valence-electron chi connectivity index (χ1n) is 9.66. The maximum Gasteiger partial charge on any atom is 0.254 e. The van der Waals surface area contributed by atoms with Gasteiger partial charge >= 0.3 is 0 Å². The topological polar surface area (TPSA) is 37.7 Å². The van der Waals surface area contributed by atoms with E-state index in [9.17, 15) is 4.79 Å². The van der Waals surface area contributed by atoms with Crippen LogP contribution in [0, 0.1) is 5.92 Å². The first kappa shape index (κ1) is 17.6. The van der Waals surface area contributed by atoms with Crippen LogP contribution in [0.4, 0.5) is 0 Å². The summed E-state index contributed by atoms with van der Waals surface area (Å²) < 4.78 is 7.74. The molecule has 26 heavy (non-hydrogen) atoms. The van der Waals surface area contributed by atoms with Crippen molar-refractivity contribution >= 4 is 16.8 Å². The maximum atomic E-state index is 12.9. The van der Waals surface area contributed by atoms with Crippen molar-refractivity contribution < 1.29 is 9.53 Å². The molecule has 5 nitrogen and oxygen atoms in total. The number of ether oxygens (including phenoxy) is 1. The molecular weight excluding hydrogens is 326 g/mol. The van der Waals surface area contributed by atoms with Gasteiger partial charge in [0.2, 0.25) is 0 Å². The highest BCUT2D eigenvalue weighted by molar-refractivity contribution is 5.98. The highest BCUT2D eigenvalue weighted by atomic mass is 16.5. The van der Waals surface area contributed by atoms with Crippen LogP contribution in [0.1, 0.15) is 30.1 Å². The Morgan fingerprint density at radius 1 is 1.27 bits per heavy atom. The van der Waals surface area contributed by atoms with Crippen LogP contribution in [-0.4, -0.2) is 65.7 Å². The maximum absolute atomic E-state index is 12.9. The summed E-state index contributed by atoms with van der Waals surface area (Å²) in [6.07, 6.45) is 4.36.